The van der Waals surface area contributed by atoms with Gasteiger partial charge >= 0.3 is 0 Å². The fourth-order valence-corrected chi connectivity index (χ4v) is 5.63. The lowest BCUT2D eigenvalue weighted by atomic mass is 10.2. The molecule has 3 aromatic rings. The van der Waals surface area contributed by atoms with Crippen molar-refractivity contribution < 1.29 is 4.79 Å². The Kier molecular flexibility index (Phi) is 6.67. The van der Waals surface area contributed by atoms with Gasteiger partial charge in [0.05, 0.1) is 17.0 Å². The van der Waals surface area contributed by atoms with E-state index in [0.29, 0.717) is 31.3 Å². The minimum Gasteiger partial charge on any atom is -0.353 e. The summed E-state index contributed by atoms with van der Waals surface area (Å²) < 4.78 is 1.98. The Morgan fingerprint density at radius 2 is 1.86 bits per heavy atom. The monoisotopic (exact) mass is 525 g/mol. The number of carbonyl (C=O) groups excluding carboxylic acids is 1. The highest BCUT2D eigenvalue weighted by Crippen LogP contribution is 2.35. The molecular formula is C25H24ClN5O2S2. The van der Waals surface area contributed by atoms with Crippen molar-refractivity contribution in [3.05, 3.63) is 79.6 Å². The van der Waals surface area contributed by atoms with Crippen LogP contribution < -0.4 is 10.5 Å². The Labute approximate surface area is 218 Å². The number of benzene rings is 1. The largest absolute Gasteiger partial charge is 0.353 e. The van der Waals surface area contributed by atoms with Crippen molar-refractivity contribution in [3.8, 4) is 0 Å². The van der Waals surface area contributed by atoms with Gasteiger partial charge in [-0.3, -0.25) is 18.9 Å². The third-order valence-corrected chi connectivity index (χ3v) is 7.97. The summed E-state index contributed by atoms with van der Waals surface area (Å²) in [6.45, 7) is 5.45. The van der Waals surface area contributed by atoms with Crippen LogP contribution in [0.15, 0.2) is 52.3 Å². The summed E-state index contributed by atoms with van der Waals surface area (Å²) in [5.74, 6) is 0.362. The van der Waals surface area contributed by atoms with Crippen LogP contribution in [-0.2, 0) is 11.3 Å². The number of hydrogen-bond donors (Lipinski definition) is 0. The van der Waals surface area contributed by atoms with Gasteiger partial charge in [-0.25, -0.2) is 4.98 Å². The molecule has 4 heterocycles. The number of carbonyl (C=O) groups is 1. The average Bonchev–Trinajstić information content (AvgIpc) is 3.10. The van der Waals surface area contributed by atoms with Crippen LogP contribution >= 0.6 is 35.6 Å². The van der Waals surface area contributed by atoms with Crippen LogP contribution in [0, 0.1) is 6.92 Å². The zero-order valence-corrected chi connectivity index (χ0v) is 21.8. The predicted molar refractivity (Wildman–Crippen MR) is 146 cm³/mol. The van der Waals surface area contributed by atoms with E-state index in [0.717, 1.165) is 37.3 Å². The summed E-state index contributed by atoms with van der Waals surface area (Å²) in [6.07, 6.45) is 3.43. The summed E-state index contributed by atoms with van der Waals surface area (Å²) in [7, 11) is 2.08. The van der Waals surface area contributed by atoms with Gasteiger partial charge in [0, 0.05) is 37.4 Å². The molecule has 0 unspecified atom stereocenters. The number of halogens is 1. The fourth-order valence-electron chi connectivity index (χ4n) is 4.20. The van der Waals surface area contributed by atoms with Crippen molar-refractivity contribution in [1.82, 2.24) is 19.2 Å². The van der Waals surface area contributed by atoms with Crippen molar-refractivity contribution in [2.75, 3.05) is 38.1 Å². The summed E-state index contributed by atoms with van der Waals surface area (Å²) in [4.78, 5) is 38.2. The molecule has 7 nitrogen and oxygen atoms in total. The first kappa shape index (κ1) is 24.0. The Hall–Kier alpha value is -2.72. The molecule has 0 radical (unpaired) electrons. The first-order valence-electron chi connectivity index (χ1n) is 11.3. The summed E-state index contributed by atoms with van der Waals surface area (Å²) in [5.41, 5.74) is 2.54. The highest BCUT2D eigenvalue weighted by atomic mass is 35.5. The Morgan fingerprint density at radius 1 is 1.11 bits per heavy atom. The smallest absolute Gasteiger partial charge is 0.267 e. The van der Waals surface area contributed by atoms with E-state index in [1.54, 1.807) is 22.7 Å². The summed E-state index contributed by atoms with van der Waals surface area (Å²) in [5, 5.41) is 0.579. The SMILES string of the molecule is Cc1ccc2nc(N3CCN(C)CC3)c(/C=C3/SC(=S)N(Cc4ccccc4Cl)C3=O)c(=O)n2c1. The predicted octanol–water partition coefficient (Wildman–Crippen LogP) is 3.81. The second-order valence-corrected chi connectivity index (χ2v) is 10.8. The molecule has 2 aromatic heterocycles. The number of nitrogens with zero attached hydrogens (tertiary/aromatic N) is 5. The number of thioether (sulfide) groups is 1. The normalized spacial score (nSPS) is 18.3. The minimum atomic E-state index is -0.238. The van der Waals surface area contributed by atoms with Crippen molar-refractivity contribution in [1.29, 1.82) is 0 Å². The van der Waals surface area contributed by atoms with E-state index in [1.807, 2.05) is 37.3 Å². The maximum atomic E-state index is 13.7. The van der Waals surface area contributed by atoms with Gasteiger partial charge in [0.15, 0.2) is 0 Å². The number of likely N-dealkylation sites (N-methyl/N-ethyl adjacent to an activating group) is 1. The summed E-state index contributed by atoms with van der Waals surface area (Å²) in [6, 6.07) is 11.2. The zero-order chi connectivity index (χ0) is 24.7. The van der Waals surface area contributed by atoms with Crippen molar-refractivity contribution in [3.63, 3.8) is 0 Å². The maximum absolute atomic E-state index is 13.7. The number of rotatable bonds is 4. The number of aromatic nitrogens is 2. The molecule has 0 bridgehead atoms. The zero-order valence-electron chi connectivity index (χ0n) is 19.4. The standard InChI is InChI=1S/C25H24ClN5O2S2/c1-16-7-8-21-27-22(29-11-9-28(2)10-12-29)18(23(32)30(21)14-16)13-20-24(33)31(25(34)35-20)15-17-5-3-4-6-19(17)26/h3-8,13-14H,9-12,15H2,1-2H3/b20-13+. The molecule has 180 valence electrons. The van der Waals surface area contributed by atoms with Crippen LogP contribution in [0.5, 0.6) is 0 Å². The number of hydrogen-bond acceptors (Lipinski definition) is 7. The minimum absolute atomic E-state index is 0.205. The second-order valence-electron chi connectivity index (χ2n) is 8.74. The molecule has 1 aromatic carbocycles. The van der Waals surface area contributed by atoms with Crippen LogP contribution in [0.1, 0.15) is 16.7 Å². The van der Waals surface area contributed by atoms with Gasteiger partial charge in [-0.05, 0) is 43.3 Å². The average molecular weight is 526 g/mol. The van der Waals surface area contributed by atoms with Gasteiger partial charge < -0.3 is 9.80 Å². The number of amides is 1. The van der Waals surface area contributed by atoms with E-state index in [9.17, 15) is 9.59 Å². The molecule has 2 fully saturated rings. The number of piperazine rings is 1. The number of aryl methyl sites for hydroxylation is 1. The first-order valence-corrected chi connectivity index (χ1v) is 12.9. The van der Waals surface area contributed by atoms with Crippen molar-refractivity contribution in [2.24, 2.45) is 0 Å². The van der Waals surface area contributed by atoms with Gasteiger partial charge in [-0.1, -0.05) is 59.8 Å². The molecule has 0 atom stereocenters. The van der Waals surface area contributed by atoms with Crippen LogP contribution in [0.4, 0.5) is 5.82 Å². The third-order valence-electron chi connectivity index (χ3n) is 6.22. The first-order chi connectivity index (χ1) is 16.8. The van der Waals surface area contributed by atoms with Crippen LogP contribution in [0.3, 0.4) is 0 Å². The summed E-state index contributed by atoms with van der Waals surface area (Å²) >= 11 is 13.0. The molecule has 2 saturated heterocycles. The van der Waals surface area contributed by atoms with Crippen LogP contribution in [0.2, 0.25) is 5.02 Å². The quantitative estimate of drug-likeness (QED) is 0.379. The molecular weight excluding hydrogens is 502 g/mol. The Morgan fingerprint density at radius 3 is 2.60 bits per heavy atom. The number of fused-ring (bicyclic) bond motifs is 1. The lowest BCUT2D eigenvalue weighted by molar-refractivity contribution is -0.122. The molecule has 0 aliphatic carbocycles. The van der Waals surface area contributed by atoms with Gasteiger partial charge in [0.1, 0.15) is 15.8 Å². The second kappa shape index (κ2) is 9.73. The number of anilines is 1. The molecule has 1 amide bonds. The Bertz CT molecular complexity index is 1430. The maximum Gasteiger partial charge on any atom is 0.267 e. The molecule has 5 rings (SSSR count). The molecule has 2 aliphatic rings. The van der Waals surface area contributed by atoms with Crippen molar-refractivity contribution >= 4 is 63.3 Å². The fraction of sp³-hybridized carbons (Fsp3) is 0.280. The van der Waals surface area contributed by atoms with E-state index in [-0.39, 0.29) is 18.0 Å². The number of pyridine rings is 1. The molecule has 35 heavy (non-hydrogen) atoms. The number of thiocarbonyl (C=S) groups is 1. The molecule has 0 spiro atoms. The van der Waals surface area contributed by atoms with Gasteiger partial charge in [0.25, 0.3) is 11.5 Å². The van der Waals surface area contributed by atoms with E-state index in [1.165, 1.54) is 16.7 Å². The molecule has 0 saturated carbocycles. The van der Waals surface area contributed by atoms with E-state index in [2.05, 4.69) is 16.8 Å². The molecule has 10 heteroatoms. The van der Waals surface area contributed by atoms with E-state index in [4.69, 9.17) is 28.8 Å². The van der Waals surface area contributed by atoms with Crippen molar-refractivity contribution in [2.45, 2.75) is 13.5 Å². The lowest BCUT2D eigenvalue weighted by Crippen LogP contribution is -2.45. The van der Waals surface area contributed by atoms with Gasteiger partial charge in [0.2, 0.25) is 0 Å². The molecule has 2 aliphatic heterocycles. The van der Waals surface area contributed by atoms with Crippen LogP contribution in [0.25, 0.3) is 11.7 Å². The lowest BCUT2D eigenvalue weighted by Gasteiger charge is -2.34. The van der Waals surface area contributed by atoms with Gasteiger partial charge in [-0.2, -0.15) is 0 Å². The molecule has 0 N–H and O–H groups in total. The Balaban J connectivity index is 1.57. The van der Waals surface area contributed by atoms with E-state index >= 15 is 0 Å². The van der Waals surface area contributed by atoms with E-state index < -0.39 is 0 Å². The topological polar surface area (TPSA) is 61.2 Å². The van der Waals surface area contributed by atoms with Crippen LogP contribution in [-0.4, -0.2) is 62.6 Å². The van der Waals surface area contributed by atoms with Gasteiger partial charge in [-0.15, -0.1) is 0 Å². The highest BCUT2D eigenvalue weighted by Gasteiger charge is 2.33. The third kappa shape index (κ3) is 4.73. The highest BCUT2D eigenvalue weighted by molar-refractivity contribution is 8.26.